The van der Waals surface area contributed by atoms with Crippen LogP contribution < -0.4 is 4.90 Å². The van der Waals surface area contributed by atoms with E-state index in [0.29, 0.717) is 31.2 Å². The lowest BCUT2D eigenvalue weighted by Crippen LogP contribution is -2.52. The van der Waals surface area contributed by atoms with Crippen LogP contribution in [0.15, 0.2) is 59.8 Å². The number of sulfonamides is 1. The molecule has 0 atom stereocenters. The summed E-state index contributed by atoms with van der Waals surface area (Å²) in [5.41, 5.74) is 1.02. The molecule has 0 N–H and O–H groups in total. The van der Waals surface area contributed by atoms with Crippen molar-refractivity contribution >= 4 is 44.0 Å². The predicted octanol–water partition coefficient (Wildman–Crippen LogP) is 3.03. The van der Waals surface area contributed by atoms with Crippen LogP contribution in [0.25, 0.3) is 10.8 Å². The number of carbonyl (C=O) groups excluding carboxylic acids is 1. The Balaban J connectivity index is 1.19. The fourth-order valence-corrected chi connectivity index (χ4v) is 6.41. The summed E-state index contributed by atoms with van der Waals surface area (Å²) in [5, 5.41) is 10.1. The second-order valence-electron chi connectivity index (χ2n) is 8.74. The molecule has 0 unspecified atom stereocenters. The van der Waals surface area contributed by atoms with E-state index in [1.807, 2.05) is 23.1 Å². The second-order valence-corrected chi connectivity index (χ2v) is 11.1. The Kier molecular flexibility index (Phi) is 6.42. The molecule has 10 heteroatoms. The van der Waals surface area contributed by atoms with E-state index in [9.17, 15) is 13.2 Å². The molecule has 34 heavy (non-hydrogen) atoms. The lowest BCUT2D eigenvalue weighted by Gasteiger charge is -2.38. The van der Waals surface area contributed by atoms with Crippen molar-refractivity contribution in [1.82, 2.24) is 19.4 Å². The molecule has 8 nitrogen and oxygen atoms in total. The standard InChI is InChI=1S/C24H26ClN5O3S/c25-21-3-1-20-16-23(4-2-19(20)15-21)34(32,33)30-13-11-29(12-14-30)24(31)18-6-9-28(10-7-18)22-5-8-26-27-17-22/h1-5,8,15-18H,6-7,9-14H2. The number of piperidine rings is 1. The maximum atomic E-state index is 13.2. The highest BCUT2D eigenvalue weighted by molar-refractivity contribution is 7.89. The van der Waals surface area contributed by atoms with Crippen LogP contribution in [0.5, 0.6) is 0 Å². The monoisotopic (exact) mass is 499 g/mol. The Morgan fingerprint density at radius 3 is 2.29 bits per heavy atom. The number of halogens is 1. The number of amides is 1. The van der Waals surface area contributed by atoms with Gasteiger partial charge in [-0.3, -0.25) is 4.79 Å². The van der Waals surface area contributed by atoms with Gasteiger partial charge in [0.05, 0.1) is 23.0 Å². The molecule has 3 heterocycles. The van der Waals surface area contributed by atoms with Gasteiger partial charge in [-0.25, -0.2) is 8.42 Å². The Morgan fingerprint density at radius 2 is 1.59 bits per heavy atom. The van der Waals surface area contributed by atoms with E-state index >= 15 is 0 Å². The summed E-state index contributed by atoms with van der Waals surface area (Å²) < 4.78 is 27.9. The summed E-state index contributed by atoms with van der Waals surface area (Å²) in [6.45, 7) is 3.02. The van der Waals surface area contributed by atoms with E-state index in [0.717, 1.165) is 42.4 Å². The van der Waals surface area contributed by atoms with Gasteiger partial charge in [0.2, 0.25) is 15.9 Å². The number of hydrogen-bond donors (Lipinski definition) is 0. The summed E-state index contributed by atoms with van der Waals surface area (Å²) in [6, 6.07) is 12.4. The zero-order chi connectivity index (χ0) is 23.7. The molecule has 178 valence electrons. The fraction of sp³-hybridized carbons (Fsp3) is 0.375. The molecule has 2 saturated heterocycles. The van der Waals surface area contributed by atoms with E-state index in [1.54, 1.807) is 36.7 Å². The minimum atomic E-state index is -3.63. The summed E-state index contributed by atoms with van der Waals surface area (Å²) in [4.78, 5) is 17.4. The van der Waals surface area contributed by atoms with Crippen LogP contribution in [0.1, 0.15) is 12.8 Å². The van der Waals surface area contributed by atoms with Gasteiger partial charge in [-0.1, -0.05) is 23.7 Å². The Bertz CT molecular complexity index is 1290. The molecule has 1 aromatic heterocycles. The van der Waals surface area contributed by atoms with Crippen molar-refractivity contribution in [2.75, 3.05) is 44.2 Å². The summed E-state index contributed by atoms with van der Waals surface area (Å²) in [5.74, 6) is 0.105. The maximum absolute atomic E-state index is 13.2. The highest BCUT2D eigenvalue weighted by Gasteiger charge is 2.34. The number of fused-ring (bicyclic) bond motifs is 1. The van der Waals surface area contributed by atoms with Gasteiger partial charge >= 0.3 is 0 Å². The van der Waals surface area contributed by atoms with Crippen molar-refractivity contribution in [3.05, 3.63) is 59.9 Å². The minimum absolute atomic E-state index is 0.0264. The first kappa shape index (κ1) is 23.0. The molecule has 1 amide bonds. The third-order valence-electron chi connectivity index (χ3n) is 6.74. The van der Waals surface area contributed by atoms with Crippen LogP contribution in [-0.2, 0) is 14.8 Å². The fourth-order valence-electron chi connectivity index (χ4n) is 4.77. The van der Waals surface area contributed by atoms with Crippen LogP contribution in [0, 0.1) is 5.92 Å². The molecule has 0 radical (unpaired) electrons. The summed E-state index contributed by atoms with van der Waals surface area (Å²) in [7, 11) is -3.63. The van der Waals surface area contributed by atoms with Crippen molar-refractivity contribution in [3.8, 4) is 0 Å². The van der Waals surface area contributed by atoms with E-state index in [1.165, 1.54) is 4.31 Å². The molecule has 0 aliphatic carbocycles. The highest BCUT2D eigenvalue weighted by Crippen LogP contribution is 2.27. The van der Waals surface area contributed by atoms with Crippen LogP contribution >= 0.6 is 11.6 Å². The van der Waals surface area contributed by atoms with Crippen molar-refractivity contribution in [3.63, 3.8) is 0 Å². The lowest BCUT2D eigenvalue weighted by molar-refractivity contribution is -0.137. The molecule has 2 aliphatic heterocycles. The molecule has 2 fully saturated rings. The van der Waals surface area contributed by atoms with Gasteiger partial charge in [-0.2, -0.15) is 14.5 Å². The Labute approximate surface area is 204 Å². The number of nitrogens with zero attached hydrogens (tertiary/aromatic N) is 5. The quantitative estimate of drug-likeness (QED) is 0.548. The van der Waals surface area contributed by atoms with Gasteiger partial charge in [0.15, 0.2) is 0 Å². The second kappa shape index (κ2) is 9.48. The SMILES string of the molecule is O=C(C1CCN(c2ccnnc2)CC1)N1CCN(S(=O)(=O)c2ccc3cc(Cl)ccc3c2)CC1. The smallest absolute Gasteiger partial charge is 0.243 e. The first-order chi connectivity index (χ1) is 16.4. The van der Waals surface area contributed by atoms with Gasteiger partial charge in [-0.15, -0.1) is 0 Å². The molecular weight excluding hydrogens is 474 g/mol. The van der Waals surface area contributed by atoms with Gasteiger partial charge in [0.1, 0.15) is 0 Å². The Morgan fingerprint density at radius 1 is 0.882 bits per heavy atom. The van der Waals surface area contributed by atoms with Gasteiger partial charge in [-0.05, 0) is 53.9 Å². The zero-order valence-electron chi connectivity index (χ0n) is 18.7. The highest BCUT2D eigenvalue weighted by atomic mass is 35.5. The number of piperazine rings is 1. The summed E-state index contributed by atoms with van der Waals surface area (Å²) in [6.07, 6.45) is 4.97. The van der Waals surface area contributed by atoms with E-state index in [4.69, 9.17) is 11.6 Å². The largest absolute Gasteiger partial charge is 0.370 e. The third kappa shape index (κ3) is 4.60. The molecule has 2 aliphatic rings. The van der Waals surface area contributed by atoms with Crippen molar-refractivity contribution in [2.45, 2.75) is 17.7 Å². The van der Waals surface area contributed by atoms with Gasteiger partial charge < -0.3 is 9.80 Å². The zero-order valence-corrected chi connectivity index (χ0v) is 20.2. The topological polar surface area (TPSA) is 86.7 Å². The van der Waals surface area contributed by atoms with Crippen molar-refractivity contribution in [2.24, 2.45) is 5.92 Å². The first-order valence-electron chi connectivity index (χ1n) is 11.4. The number of rotatable bonds is 4. The normalized spacial score (nSPS) is 18.4. The van der Waals surface area contributed by atoms with E-state index in [-0.39, 0.29) is 16.7 Å². The minimum Gasteiger partial charge on any atom is -0.370 e. The number of carbonyl (C=O) groups is 1. The van der Waals surface area contributed by atoms with E-state index < -0.39 is 10.0 Å². The van der Waals surface area contributed by atoms with Gasteiger partial charge in [0, 0.05) is 50.2 Å². The molecule has 3 aromatic rings. The molecule has 2 aromatic carbocycles. The molecule has 5 rings (SSSR count). The Hall–Kier alpha value is -2.75. The third-order valence-corrected chi connectivity index (χ3v) is 8.87. The van der Waals surface area contributed by atoms with Crippen molar-refractivity contribution in [1.29, 1.82) is 0 Å². The van der Waals surface area contributed by atoms with Crippen LogP contribution in [0.3, 0.4) is 0 Å². The van der Waals surface area contributed by atoms with Crippen LogP contribution in [0.2, 0.25) is 5.02 Å². The summed E-state index contributed by atoms with van der Waals surface area (Å²) >= 11 is 6.03. The number of benzene rings is 2. The number of anilines is 1. The number of aromatic nitrogens is 2. The number of hydrogen-bond acceptors (Lipinski definition) is 6. The van der Waals surface area contributed by atoms with Crippen LogP contribution in [0.4, 0.5) is 5.69 Å². The average Bonchev–Trinajstić information content (AvgIpc) is 2.88. The predicted molar refractivity (Wildman–Crippen MR) is 131 cm³/mol. The lowest BCUT2D eigenvalue weighted by atomic mass is 9.94. The molecule has 0 saturated carbocycles. The van der Waals surface area contributed by atoms with Crippen molar-refractivity contribution < 1.29 is 13.2 Å². The first-order valence-corrected chi connectivity index (χ1v) is 13.2. The van der Waals surface area contributed by atoms with E-state index in [2.05, 4.69) is 15.1 Å². The molecule has 0 spiro atoms. The van der Waals surface area contributed by atoms with Gasteiger partial charge in [0.25, 0.3) is 0 Å². The average molecular weight is 500 g/mol. The maximum Gasteiger partial charge on any atom is 0.243 e. The molecule has 0 bridgehead atoms. The van der Waals surface area contributed by atoms with Crippen LogP contribution in [-0.4, -0.2) is 73.0 Å². The molecular formula is C24H26ClN5O3S.